The van der Waals surface area contributed by atoms with Crippen LogP contribution < -0.4 is 11.1 Å². The molecule has 1 aromatic heterocycles. The minimum Gasteiger partial charge on any atom is -0.466 e. The lowest BCUT2D eigenvalue weighted by Crippen LogP contribution is -2.41. The maximum absolute atomic E-state index is 5.72. The zero-order valence-corrected chi connectivity index (χ0v) is 9.33. The van der Waals surface area contributed by atoms with Crippen molar-refractivity contribution in [2.75, 3.05) is 13.1 Å². The molecule has 2 rings (SSSR count). The molecule has 1 aliphatic rings. The molecule has 0 aromatic carbocycles. The van der Waals surface area contributed by atoms with Crippen molar-refractivity contribution >= 4 is 0 Å². The van der Waals surface area contributed by atoms with E-state index in [2.05, 4.69) is 11.4 Å². The molecule has 0 atom stereocenters. The van der Waals surface area contributed by atoms with E-state index in [0.717, 1.165) is 36.9 Å². The molecule has 1 heterocycles. The first-order valence-corrected chi connectivity index (χ1v) is 5.75. The molecular weight excluding hydrogens is 188 g/mol. The molecule has 1 aliphatic carbocycles. The summed E-state index contributed by atoms with van der Waals surface area (Å²) in [5.74, 6) is 2.87. The van der Waals surface area contributed by atoms with Crippen LogP contribution in [-0.2, 0) is 6.42 Å². The smallest absolute Gasteiger partial charge is 0.105 e. The van der Waals surface area contributed by atoms with Gasteiger partial charge in [-0.2, -0.15) is 0 Å². The Kier molecular flexibility index (Phi) is 3.44. The summed E-state index contributed by atoms with van der Waals surface area (Å²) < 4.78 is 5.49. The zero-order chi connectivity index (χ0) is 10.7. The first-order valence-electron chi connectivity index (χ1n) is 5.75. The normalized spacial score (nSPS) is 25.2. The van der Waals surface area contributed by atoms with Crippen molar-refractivity contribution in [3.8, 4) is 0 Å². The number of rotatable bonds is 5. The van der Waals surface area contributed by atoms with Gasteiger partial charge in [0.1, 0.15) is 11.5 Å². The first-order chi connectivity index (χ1) is 7.24. The Balaban J connectivity index is 1.55. The summed E-state index contributed by atoms with van der Waals surface area (Å²) in [6.07, 6.45) is 3.35. The quantitative estimate of drug-likeness (QED) is 0.720. The van der Waals surface area contributed by atoms with Crippen molar-refractivity contribution in [3.05, 3.63) is 23.7 Å². The summed E-state index contributed by atoms with van der Waals surface area (Å²) in [7, 11) is 0. The van der Waals surface area contributed by atoms with Crippen LogP contribution in [0.2, 0.25) is 0 Å². The predicted molar refractivity (Wildman–Crippen MR) is 60.7 cm³/mol. The summed E-state index contributed by atoms with van der Waals surface area (Å²) in [6, 6.07) is 4.53. The molecule has 0 aliphatic heterocycles. The van der Waals surface area contributed by atoms with Crippen molar-refractivity contribution in [2.24, 2.45) is 11.7 Å². The third kappa shape index (κ3) is 3.08. The van der Waals surface area contributed by atoms with Crippen LogP contribution in [0.3, 0.4) is 0 Å². The van der Waals surface area contributed by atoms with E-state index in [1.165, 1.54) is 12.8 Å². The molecule has 1 saturated carbocycles. The van der Waals surface area contributed by atoms with Crippen LogP contribution in [0.5, 0.6) is 0 Å². The Morgan fingerprint density at radius 1 is 1.47 bits per heavy atom. The van der Waals surface area contributed by atoms with Gasteiger partial charge in [0.25, 0.3) is 0 Å². The van der Waals surface area contributed by atoms with Gasteiger partial charge in [-0.3, -0.25) is 0 Å². The van der Waals surface area contributed by atoms with E-state index in [9.17, 15) is 0 Å². The van der Waals surface area contributed by atoms with Crippen LogP contribution in [0.15, 0.2) is 16.5 Å². The Labute approximate surface area is 91.0 Å². The van der Waals surface area contributed by atoms with Crippen molar-refractivity contribution < 1.29 is 4.42 Å². The molecular formula is C12H20N2O. The second kappa shape index (κ2) is 4.81. The molecule has 0 spiro atoms. The molecule has 0 unspecified atom stereocenters. The molecule has 3 N–H and O–H groups in total. The van der Waals surface area contributed by atoms with E-state index in [1.54, 1.807) is 0 Å². The molecule has 15 heavy (non-hydrogen) atoms. The fourth-order valence-corrected chi connectivity index (χ4v) is 2.09. The van der Waals surface area contributed by atoms with Crippen LogP contribution >= 0.6 is 0 Å². The Hall–Kier alpha value is -0.800. The molecule has 0 bridgehead atoms. The van der Waals surface area contributed by atoms with Crippen molar-refractivity contribution in [1.82, 2.24) is 5.32 Å². The third-order valence-electron chi connectivity index (χ3n) is 3.05. The highest BCUT2D eigenvalue weighted by Crippen LogP contribution is 2.24. The van der Waals surface area contributed by atoms with Gasteiger partial charge in [-0.05, 0) is 44.4 Å². The summed E-state index contributed by atoms with van der Waals surface area (Å²) in [5, 5.41) is 3.45. The van der Waals surface area contributed by atoms with Gasteiger partial charge in [0, 0.05) is 19.0 Å². The van der Waals surface area contributed by atoms with E-state index in [1.807, 2.05) is 13.0 Å². The third-order valence-corrected chi connectivity index (χ3v) is 3.05. The second-order valence-corrected chi connectivity index (χ2v) is 4.56. The Morgan fingerprint density at radius 2 is 2.27 bits per heavy atom. The van der Waals surface area contributed by atoms with Gasteiger partial charge >= 0.3 is 0 Å². The summed E-state index contributed by atoms with van der Waals surface area (Å²) in [4.78, 5) is 0. The SMILES string of the molecule is Cc1ccc(CCNCC2CC(N)C2)o1. The van der Waals surface area contributed by atoms with Crippen LogP contribution in [0.4, 0.5) is 0 Å². The van der Waals surface area contributed by atoms with E-state index >= 15 is 0 Å². The van der Waals surface area contributed by atoms with Crippen molar-refractivity contribution in [3.63, 3.8) is 0 Å². The molecule has 84 valence electrons. The molecule has 3 nitrogen and oxygen atoms in total. The number of hydrogen-bond donors (Lipinski definition) is 2. The minimum atomic E-state index is 0.463. The average molecular weight is 208 g/mol. The monoisotopic (exact) mass is 208 g/mol. The number of nitrogens with one attached hydrogen (secondary N) is 1. The minimum absolute atomic E-state index is 0.463. The summed E-state index contributed by atoms with van der Waals surface area (Å²) in [6.45, 7) is 4.08. The highest BCUT2D eigenvalue weighted by molar-refractivity contribution is 5.05. The van der Waals surface area contributed by atoms with Gasteiger partial charge in [-0.25, -0.2) is 0 Å². The lowest BCUT2D eigenvalue weighted by molar-refractivity contribution is 0.256. The number of hydrogen-bond acceptors (Lipinski definition) is 3. The molecule has 3 heteroatoms. The van der Waals surface area contributed by atoms with Crippen LogP contribution in [0.25, 0.3) is 0 Å². The maximum Gasteiger partial charge on any atom is 0.105 e. The zero-order valence-electron chi connectivity index (χ0n) is 9.33. The van der Waals surface area contributed by atoms with Gasteiger partial charge in [0.15, 0.2) is 0 Å². The highest BCUT2D eigenvalue weighted by atomic mass is 16.3. The van der Waals surface area contributed by atoms with E-state index < -0.39 is 0 Å². The molecule has 1 aromatic rings. The van der Waals surface area contributed by atoms with Crippen molar-refractivity contribution in [2.45, 2.75) is 32.2 Å². The van der Waals surface area contributed by atoms with Gasteiger partial charge in [-0.15, -0.1) is 0 Å². The average Bonchev–Trinajstić information content (AvgIpc) is 2.55. The van der Waals surface area contributed by atoms with Gasteiger partial charge < -0.3 is 15.5 Å². The lowest BCUT2D eigenvalue weighted by atomic mass is 9.81. The fraction of sp³-hybridized carbons (Fsp3) is 0.667. The predicted octanol–water partition coefficient (Wildman–Crippen LogP) is 1.46. The van der Waals surface area contributed by atoms with E-state index in [0.29, 0.717) is 6.04 Å². The van der Waals surface area contributed by atoms with Crippen molar-refractivity contribution in [1.29, 1.82) is 0 Å². The first kappa shape index (κ1) is 10.7. The second-order valence-electron chi connectivity index (χ2n) is 4.56. The molecule has 1 fully saturated rings. The van der Waals surface area contributed by atoms with Crippen LogP contribution in [-0.4, -0.2) is 19.1 Å². The van der Waals surface area contributed by atoms with Crippen LogP contribution in [0.1, 0.15) is 24.4 Å². The topological polar surface area (TPSA) is 51.2 Å². The number of aryl methyl sites for hydroxylation is 1. The molecule has 0 saturated heterocycles. The Morgan fingerprint density at radius 3 is 2.87 bits per heavy atom. The number of nitrogens with two attached hydrogens (primary N) is 1. The summed E-state index contributed by atoms with van der Waals surface area (Å²) >= 11 is 0. The van der Waals surface area contributed by atoms with Gasteiger partial charge in [0.2, 0.25) is 0 Å². The maximum atomic E-state index is 5.72. The standard InChI is InChI=1S/C12H20N2O/c1-9-2-3-12(15-9)4-5-14-8-10-6-11(13)7-10/h2-3,10-11,14H,4-8,13H2,1H3. The Bertz CT molecular complexity index is 302. The molecule has 0 amide bonds. The van der Waals surface area contributed by atoms with Crippen LogP contribution in [0, 0.1) is 12.8 Å². The fourth-order valence-electron chi connectivity index (χ4n) is 2.09. The van der Waals surface area contributed by atoms with E-state index in [-0.39, 0.29) is 0 Å². The largest absolute Gasteiger partial charge is 0.466 e. The highest BCUT2D eigenvalue weighted by Gasteiger charge is 2.24. The van der Waals surface area contributed by atoms with Gasteiger partial charge in [0.05, 0.1) is 0 Å². The van der Waals surface area contributed by atoms with E-state index in [4.69, 9.17) is 10.2 Å². The summed E-state index contributed by atoms with van der Waals surface area (Å²) in [5.41, 5.74) is 5.72. The lowest BCUT2D eigenvalue weighted by Gasteiger charge is -2.32. The van der Waals surface area contributed by atoms with Gasteiger partial charge in [-0.1, -0.05) is 0 Å². The number of furan rings is 1. The molecule has 0 radical (unpaired) electrons.